The molecule has 214 valence electrons. The van der Waals surface area contributed by atoms with E-state index in [-0.39, 0.29) is 35.5 Å². The van der Waals surface area contributed by atoms with Crippen molar-refractivity contribution in [3.05, 3.63) is 63.4 Å². The van der Waals surface area contributed by atoms with Crippen molar-refractivity contribution >= 4 is 45.8 Å². The van der Waals surface area contributed by atoms with Crippen molar-refractivity contribution in [3.63, 3.8) is 0 Å². The van der Waals surface area contributed by atoms with E-state index in [0.717, 1.165) is 11.1 Å². The van der Waals surface area contributed by atoms with Gasteiger partial charge in [-0.25, -0.2) is 13.3 Å². The van der Waals surface area contributed by atoms with Gasteiger partial charge in [0, 0.05) is 61.3 Å². The number of halogens is 3. The molecule has 6 nitrogen and oxygen atoms in total. The van der Waals surface area contributed by atoms with Gasteiger partial charge in [-0.3, -0.25) is 4.79 Å². The minimum absolute atomic E-state index is 0.0278. The van der Waals surface area contributed by atoms with E-state index in [0.29, 0.717) is 55.0 Å². The van der Waals surface area contributed by atoms with Crippen LogP contribution in [0.1, 0.15) is 57.7 Å². The number of carbonyl (C=O) groups excluding carboxylic acids is 1. The molecule has 2 aromatic rings. The zero-order valence-corrected chi connectivity index (χ0v) is 25.6. The lowest BCUT2D eigenvalue weighted by Gasteiger charge is -2.39. The topological polar surface area (TPSA) is 64.7 Å². The molecule has 0 saturated carbocycles. The number of nitrogens with zero attached hydrogens (tertiary/aromatic N) is 2. The highest BCUT2D eigenvalue weighted by molar-refractivity contribution is 7.84. The van der Waals surface area contributed by atoms with E-state index < -0.39 is 15.7 Å². The summed E-state index contributed by atoms with van der Waals surface area (Å²) in [5.74, 6) is -0.377. The van der Waals surface area contributed by atoms with Crippen molar-refractivity contribution in [1.82, 2.24) is 14.9 Å². The molecule has 4 rings (SSSR count). The molecule has 39 heavy (non-hydrogen) atoms. The first kappa shape index (κ1) is 30.3. The minimum Gasteiger partial charge on any atom is -0.365 e. The number of carbonyl (C=O) groups is 1. The maximum absolute atomic E-state index is 15.4. The Balaban J connectivity index is 1.50. The van der Waals surface area contributed by atoms with Crippen LogP contribution in [0, 0.1) is 17.7 Å². The molecule has 0 spiro atoms. The fourth-order valence-electron chi connectivity index (χ4n) is 5.42. The zero-order valence-electron chi connectivity index (χ0n) is 23.3. The van der Waals surface area contributed by atoms with Crippen LogP contribution in [0.5, 0.6) is 0 Å². The molecular weight excluding hydrogens is 558 g/mol. The van der Waals surface area contributed by atoms with E-state index in [2.05, 4.69) is 10.0 Å². The zero-order chi connectivity index (χ0) is 28.5. The molecular formula is C29H39Cl2FN4O2S. The molecule has 2 aliphatic rings. The van der Waals surface area contributed by atoms with Crippen LogP contribution in [0.15, 0.2) is 36.4 Å². The quantitative estimate of drug-likeness (QED) is 0.441. The molecule has 0 bridgehead atoms. The van der Waals surface area contributed by atoms with E-state index in [4.69, 9.17) is 23.2 Å². The highest BCUT2D eigenvalue weighted by Gasteiger charge is 2.39. The van der Waals surface area contributed by atoms with Gasteiger partial charge in [0.15, 0.2) is 0 Å². The number of benzene rings is 2. The predicted molar refractivity (Wildman–Crippen MR) is 159 cm³/mol. The Labute approximate surface area is 244 Å². The fraction of sp³-hybridized carbons (Fsp3) is 0.552. The number of rotatable bonds is 7. The number of amides is 1. The normalized spacial score (nSPS) is 21.9. The Bertz CT molecular complexity index is 1210. The molecule has 0 aliphatic carbocycles. The van der Waals surface area contributed by atoms with Gasteiger partial charge in [0.05, 0.1) is 27.3 Å². The van der Waals surface area contributed by atoms with Crippen molar-refractivity contribution in [2.45, 2.75) is 51.3 Å². The Hall–Kier alpha value is -1.71. The van der Waals surface area contributed by atoms with Gasteiger partial charge in [-0.1, -0.05) is 55.2 Å². The minimum atomic E-state index is -1.31. The van der Waals surface area contributed by atoms with E-state index in [1.54, 1.807) is 12.1 Å². The Kier molecular flexibility index (Phi) is 9.65. The second-order valence-corrected chi connectivity index (χ2v) is 14.6. The Morgan fingerprint density at radius 2 is 1.79 bits per heavy atom. The molecule has 0 aromatic heterocycles. The van der Waals surface area contributed by atoms with Gasteiger partial charge >= 0.3 is 0 Å². The summed E-state index contributed by atoms with van der Waals surface area (Å²) >= 11 is 12.6. The van der Waals surface area contributed by atoms with Crippen LogP contribution < -0.4 is 14.9 Å². The molecule has 2 saturated heterocycles. The molecule has 1 amide bonds. The summed E-state index contributed by atoms with van der Waals surface area (Å²) in [4.78, 5) is 17.5. The molecule has 0 unspecified atom stereocenters. The summed E-state index contributed by atoms with van der Waals surface area (Å²) in [6, 6.07) is 10.2. The number of nitrogens with one attached hydrogen (secondary N) is 2. The van der Waals surface area contributed by atoms with Gasteiger partial charge in [-0.05, 0) is 56.0 Å². The van der Waals surface area contributed by atoms with Gasteiger partial charge in [0.25, 0.3) is 0 Å². The molecule has 2 aromatic carbocycles. The third kappa shape index (κ3) is 6.79. The predicted octanol–water partition coefficient (Wildman–Crippen LogP) is 5.53. The third-order valence-electron chi connectivity index (χ3n) is 7.61. The average molecular weight is 598 g/mol. The summed E-state index contributed by atoms with van der Waals surface area (Å²) in [7, 11) is -1.31. The van der Waals surface area contributed by atoms with Crippen LogP contribution in [0.2, 0.25) is 10.0 Å². The van der Waals surface area contributed by atoms with E-state index in [1.165, 1.54) is 6.07 Å². The third-order valence-corrected chi connectivity index (χ3v) is 9.75. The van der Waals surface area contributed by atoms with Crippen molar-refractivity contribution in [3.8, 4) is 0 Å². The van der Waals surface area contributed by atoms with Gasteiger partial charge in [0.2, 0.25) is 5.91 Å². The Morgan fingerprint density at radius 1 is 1.10 bits per heavy atom. The van der Waals surface area contributed by atoms with Gasteiger partial charge in [-0.15, -0.1) is 0 Å². The summed E-state index contributed by atoms with van der Waals surface area (Å²) < 4.78 is 31.2. The molecule has 4 atom stereocenters. The van der Waals surface area contributed by atoms with Gasteiger partial charge in [0.1, 0.15) is 5.82 Å². The number of anilines is 1. The molecule has 2 aliphatic heterocycles. The maximum atomic E-state index is 15.4. The lowest BCUT2D eigenvalue weighted by atomic mass is 9.87. The van der Waals surface area contributed by atoms with Crippen molar-refractivity contribution < 1.29 is 13.4 Å². The first-order chi connectivity index (χ1) is 18.4. The van der Waals surface area contributed by atoms with Gasteiger partial charge < -0.3 is 15.1 Å². The van der Waals surface area contributed by atoms with Crippen LogP contribution in [0.4, 0.5) is 10.1 Å². The first-order valence-corrected chi connectivity index (χ1v) is 15.4. The summed E-state index contributed by atoms with van der Waals surface area (Å²) in [6.45, 7) is 13.1. The van der Waals surface area contributed by atoms with Crippen molar-refractivity contribution in [2.75, 3.05) is 44.2 Å². The van der Waals surface area contributed by atoms with E-state index in [1.807, 2.05) is 62.6 Å². The smallest absolute Gasteiger partial charge is 0.227 e. The second kappa shape index (κ2) is 12.4. The van der Waals surface area contributed by atoms with Crippen LogP contribution in [0.25, 0.3) is 0 Å². The van der Waals surface area contributed by atoms with E-state index >= 15 is 4.39 Å². The summed E-state index contributed by atoms with van der Waals surface area (Å²) in [6.07, 6.45) is 0. The average Bonchev–Trinajstić information content (AvgIpc) is 3.35. The lowest BCUT2D eigenvalue weighted by molar-refractivity contribution is -0.135. The van der Waals surface area contributed by atoms with Crippen LogP contribution >= 0.6 is 23.2 Å². The number of para-hydroxylation sites is 1. The largest absolute Gasteiger partial charge is 0.365 e. The molecule has 2 N–H and O–H groups in total. The van der Waals surface area contributed by atoms with Crippen molar-refractivity contribution in [2.24, 2.45) is 11.8 Å². The molecule has 2 heterocycles. The monoisotopic (exact) mass is 596 g/mol. The van der Waals surface area contributed by atoms with Crippen LogP contribution in [-0.2, 0) is 15.8 Å². The number of hydrogen-bond acceptors (Lipinski definition) is 4. The SMILES string of the molecule is CC(C)[C@H](N[S@@](=O)C(C)(C)C)c1cccc(F)c1N1CCN(C(=O)[C@H]2CNC[C@@H]2c2ccc(Cl)cc2Cl)CC1. The highest BCUT2D eigenvalue weighted by Crippen LogP contribution is 2.37. The van der Waals surface area contributed by atoms with Crippen LogP contribution in [-0.4, -0.2) is 59.0 Å². The van der Waals surface area contributed by atoms with Gasteiger partial charge in [-0.2, -0.15) is 0 Å². The molecule has 10 heteroatoms. The fourth-order valence-corrected chi connectivity index (χ4v) is 6.95. The second-order valence-electron chi connectivity index (χ2n) is 11.7. The molecule has 0 radical (unpaired) electrons. The summed E-state index contributed by atoms with van der Waals surface area (Å²) in [5, 5.41) is 4.50. The van der Waals surface area contributed by atoms with Crippen molar-refractivity contribution in [1.29, 1.82) is 0 Å². The lowest BCUT2D eigenvalue weighted by Crippen LogP contribution is -2.51. The standard InChI is InChI=1S/C29H39Cl2FN4O2S/c1-18(2)26(34-39(38)29(3,4)5)21-7-6-8-25(32)27(21)35-11-13-36(14-12-35)28(37)23-17-33-16-22(23)20-10-9-19(30)15-24(20)31/h6-10,15,18,22-23,26,33-34H,11-14,16-17H2,1-5H3/t22-,23+,26+,39+/m1/s1. The Morgan fingerprint density at radius 3 is 2.41 bits per heavy atom. The van der Waals surface area contributed by atoms with Crippen LogP contribution in [0.3, 0.4) is 0 Å². The highest BCUT2D eigenvalue weighted by atomic mass is 35.5. The number of piperazine rings is 1. The number of hydrogen-bond donors (Lipinski definition) is 2. The van der Waals surface area contributed by atoms with E-state index in [9.17, 15) is 9.00 Å². The summed E-state index contributed by atoms with van der Waals surface area (Å²) in [5.41, 5.74) is 2.24. The molecule has 2 fully saturated rings. The maximum Gasteiger partial charge on any atom is 0.227 e. The first-order valence-electron chi connectivity index (χ1n) is 13.5.